The van der Waals surface area contributed by atoms with E-state index < -0.39 is 16.4 Å². The molecule has 36 heavy (non-hydrogen) atoms. The minimum Gasteiger partial charge on any atom is -0.481 e. The quantitative estimate of drug-likeness (QED) is 0.490. The molecule has 3 N–H and O–H groups in total. The summed E-state index contributed by atoms with van der Waals surface area (Å²) in [7, 11) is 1.15. The molecular weight excluding hydrogens is 478 g/mol. The highest BCUT2D eigenvalue weighted by molar-refractivity contribution is 7.85. The second kappa shape index (κ2) is 10.5. The van der Waals surface area contributed by atoms with Gasteiger partial charge in [0, 0.05) is 46.7 Å². The van der Waals surface area contributed by atoms with E-state index >= 15 is 0 Å². The zero-order chi connectivity index (χ0) is 26.0. The molecule has 192 valence electrons. The van der Waals surface area contributed by atoms with E-state index in [-0.39, 0.29) is 17.9 Å². The molecule has 3 aromatic rings. The third kappa shape index (κ3) is 5.34. The summed E-state index contributed by atoms with van der Waals surface area (Å²) in [4.78, 5) is 25.8. The number of nitrogens with two attached hydrogens (primary N) is 1. The molecule has 9 nitrogen and oxygen atoms in total. The van der Waals surface area contributed by atoms with Crippen molar-refractivity contribution in [2.45, 2.75) is 58.1 Å². The van der Waals surface area contributed by atoms with Crippen LogP contribution in [-0.2, 0) is 15.5 Å². The van der Waals surface area contributed by atoms with Gasteiger partial charge in [0.1, 0.15) is 17.2 Å². The highest BCUT2D eigenvalue weighted by Crippen LogP contribution is 2.38. The molecule has 2 unspecified atom stereocenters. The normalized spacial score (nSPS) is 19.6. The Kier molecular flexibility index (Phi) is 7.56. The maximum Gasteiger partial charge on any atom is 0.340 e. The van der Waals surface area contributed by atoms with Crippen LogP contribution in [0.15, 0.2) is 30.6 Å². The van der Waals surface area contributed by atoms with Crippen LogP contribution in [0.4, 0.5) is 11.6 Å². The molecule has 0 radical (unpaired) electrons. The lowest BCUT2D eigenvalue weighted by molar-refractivity contribution is -0.0189. The Morgan fingerprint density at radius 3 is 2.50 bits per heavy atom. The molecule has 10 heteroatoms. The number of aromatic nitrogens is 3. The molecule has 2 atom stereocenters. The zero-order valence-corrected chi connectivity index (χ0v) is 22.1. The van der Waals surface area contributed by atoms with Gasteiger partial charge < -0.3 is 20.5 Å². The first-order valence-corrected chi connectivity index (χ1v) is 13.5. The van der Waals surface area contributed by atoms with E-state index in [2.05, 4.69) is 15.3 Å². The van der Waals surface area contributed by atoms with Gasteiger partial charge >= 0.3 is 5.97 Å². The lowest BCUT2D eigenvalue weighted by atomic mass is 9.84. The fraction of sp³-hybridized carbons (Fsp3) is 0.462. The van der Waals surface area contributed by atoms with E-state index in [1.165, 1.54) is 12.8 Å². The number of carbonyl (C=O) groups is 1. The molecular formula is C26H33N5O4S. The van der Waals surface area contributed by atoms with Gasteiger partial charge in [0.15, 0.2) is 0 Å². The predicted molar refractivity (Wildman–Crippen MR) is 141 cm³/mol. The Morgan fingerprint density at radius 2 is 1.89 bits per heavy atom. The van der Waals surface area contributed by atoms with Gasteiger partial charge in [-0.1, -0.05) is 6.92 Å². The minimum absolute atomic E-state index is 0.0449. The first-order valence-electron chi connectivity index (χ1n) is 12.0. The topological polar surface area (TPSA) is 129 Å². The number of esters is 1. The molecule has 1 fully saturated rings. The molecule has 0 bridgehead atoms. The standard InChI is InChI=1S/C22H25N5O3.C4H8OS/c1-11-19-13(21(28)30-22(11,3)4)6-7-17(27-19)26-18-8-14-15(12(2)23)9-25-20(29-5)16(14)10-24-18;5-6-3-1-2-4-6/h6-12H,23H2,1-5H3,(H,24,26,27);1-4H2. The van der Waals surface area contributed by atoms with Crippen molar-refractivity contribution in [3.8, 4) is 5.88 Å². The third-order valence-corrected chi connectivity index (χ3v) is 8.14. The Hall–Kier alpha value is -3.11. The van der Waals surface area contributed by atoms with Crippen LogP contribution >= 0.6 is 0 Å². The van der Waals surface area contributed by atoms with Crippen molar-refractivity contribution in [3.05, 3.63) is 47.4 Å². The third-order valence-electron chi connectivity index (χ3n) is 6.65. The monoisotopic (exact) mass is 511 g/mol. The average molecular weight is 512 g/mol. The molecule has 0 saturated carbocycles. The number of anilines is 2. The van der Waals surface area contributed by atoms with E-state index in [9.17, 15) is 9.00 Å². The number of fused-ring (bicyclic) bond motifs is 2. The average Bonchev–Trinajstić information content (AvgIpc) is 3.32. The highest BCUT2D eigenvalue weighted by atomic mass is 32.2. The first kappa shape index (κ1) is 26.0. The molecule has 1 saturated heterocycles. The van der Waals surface area contributed by atoms with Crippen LogP contribution in [0, 0.1) is 0 Å². The lowest BCUT2D eigenvalue weighted by Gasteiger charge is -2.36. The van der Waals surface area contributed by atoms with Crippen LogP contribution in [0.3, 0.4) is 0 Å². The highest BCUT2D eigenvalue weighted by Gasteiger charge is 2.40. The van der Waals surface area contributed by atoms with Gasteiger partial charge in [-0.3, -0.25) is 4.21 Å². The van der Waals surface area contributed by atoms with Crippen molar-refractivity contribution in [1.29, 1.82) is 0 Å². The summed E-state index contributed by atoms with van der Waals surface area (Å²) in [5.41, 5.74) is 7.61. The van der Waals surface area contributed by atoms with Crippen molar-refractivity contribution in [1.82, 2.24) is 15.0 Å². The number of pyridine rings is 3. The number of carbonyl (C=O) groups excluding carboxylic acids is 1. The van der Waals surface area contributed by atoms with Crippen LogP contribution in [0.2, 0.25) is 0 Å². The fourth-order valence-corrected chi connectivity index (χ4v) is 5.50. The Bertz CT molecular complexity index is 1300. The van der Waals surface area contributed by atoms with E-state index in [4.69, 9.17) is 20.2 Å². The van der Waals surface area contributed by atoms with E-state index in [1.807, 2.05) is 33.8 Å². The van der Waals surface area contributed by atoms with Gasteiger partial charge in [-0.15, -0.1) is 0 Å². The van der Waals surface area contributed by atoms with Crippen molar-refractivity contribution in [2.24, 2.45) is 5.73 Å². The summed E-state index contributed by atoms with van der Waals surface area (Å²) in [6.45, 7) is 7.69. The molecule has 5 heterocycles. The zero-order valence-electron chi connectivity index (χ0n) is 21.3. The van der Waals surface area contributed by atoms with Gasteiger partial charge in [0.2, 0.25) is 5.88 Å². The molecule has 2 aliphatic rings. The Morgan fingerprint density at radius 1 is 1.17 bits per heavy atom. The van der Waals surface area contributed by atoms with Gasteiger partial charge in [-0.2, -0.15) is 0 Å². The molecule has 5 rings (SSSR count). The molecule has 3 aromatic heterocycles. The van der Waals surface area contributed by atoms with Crippen LogP contribution in [-0.4, -0.2) is 49.3 Å². The van der Waals surface area contributed by atoms with Crippen molar-refractivity contribution in [2.75, 3.05) is 23.9 Å². The van der Waals surface area contributed by atoms with E-state index in [0.29, 0.717) is 28.8 Å². The fourth-order valence-electron chi connectivity index (χ4n) is 4.24. The number of rotatable bonds is 4. The summed E-state index contributed by atoms with van der Waals surface area (Å²) in [6.07, 6.45) is 5.80. The Labute approximate surface area is 213 Å². The smallest absolute Gasteiger partial charge is 0.340 e. The summed E-state index contributed by atoms with van der Waals surface area (Å²) in [5.74, 6) is 3.22. The summed E-state index contributed by atoms with van der Waals surface area (Å²) >= 11 is 0. The second-order valence-electron chi connectivity index (χ2n) is 9.65. The molecule has 2 aliphatic heterocycles. The van der Waals surface area contributed by atoms with Crippen molar-refractivity contribution in [3.63, 3.8) is 0 Å². The van der Waals surface area contributed by atoms with Crippen LogP contribution in [0.25, 0.3) is 10.8 Å². The number of nitrogens with one attached hydrogen (secondary N) is 1. The number of ether oxygens (including phenoxy) is 2. The van der Waals surface area contributed by atoms with Gasteiger partial charge in [-0.25, -0.2) is 19.7 Å². The second-order valence-corrected chi connectivity index (χ2v) is 11.3. The largest absolute Gasteiger partial charge is 0.481 e. The Balaban J connectivity index is 0.000000445. The number of methoxy groups -OCH3 is 1. The number of hydrogen-bond donors (Lipinski definition) is 2. The lowest BCUT2D eigenvalue weighted by Crippen LogP contribution is -2.39. The maximum atomic E-state index is 12.3. The van der Waals surface area contributed by atoms with Gasteiger partial charge in [0.05, 0.1) is 23.8 Å². The SMILES string of the molecule is COc1ncc(C(C)N)c2cc(Nc3ccc4c(n3)C(C)C(C)(C)OC4=O)ncc12.O=S1CCCC1. The number of cyclic esters (lactones) is 1. The van der Waals surface area contributed by atoms with Crippen LogP contribution in [0.1, 0.15) is 74.1 Å². The van der Waals surface area contributed by atoms with Crippen LogP contribution < -0.4 is 15.8 Å². The summed E-state index contributed by atoms with van der Waals surface area (Å²) < 4.78 is 21.2. The number of hydrogen-bond acceptors (Lipinski definition) is 9. The first-order chi connectivity index (χ1) is 17.1. The van der Waals surface area contributed by atoms with Crippen LogP contribution in [0.5, 0.6) is 5.88 Å². The predicted octanol–water partition coefficient (Wildman–Crippen LogP) is 4.38. The van der Waals surface area contributed by atoms with E-state index in [0.717, 1.165) is 27.8 Å². The maximum absolute atomic E-state index is 12.3. The summed E-state index contributed by atoms with van der Waals surface area (Å²) in [6, 6.07) is 5.19. The van der Waals surface area contributed by atoms with Crippen molar-refractivity contribution < 1.29 is 18.5 Å². The minimum atomic E-state index is -0.618. The molecule has 0 aliphatic carbocycles. The van der Waals surface area contributed by atoms with Gasteiger partial charge in [-0.05, 0) is 62.8 Å². The van der Waals surface area contributed by atoms with Crippen molar-refractivity contribution >= 4 is 39.2 Å². The summed E-state index contributed by atoms with van der Waals surface area (Å²) in [5, 5.41) is 4.93. The molecule has 0 aromatic carbocycles. The van der Waals surface area contributed by atoms with E-state index in [1.54, 1.807) is 31.6 Å². The molecule has 0 spiro atoms. The molecule has 0 amide bonds. The van der Waals surface area contributed by atoms with Gasteiger partial charge in [0.25, 0.3) is 0 Å². The number of nitrogens with zero attached hydrogens (tertiary/aromatic N) is 3.